The Hall–Kier alpha value is -0.800. The zero-order chi connectivity index (χ0) is 13.7. The molecular weight excluding hydrogens is 246 g/mol. The van der Waals surface area contributed by atoms with E-state index in [2.05, 4.69) is 49.0 Å². The predicted molar refractivity (Wildman–Crippen MR) is 79.3 cm³/mol. The number of hydrogen-bond acceptors (Lipinski definition) is 3. The van der Waals surface area contributed by atoms with Gasteiger partial charge in [0.2, 0.25) is 0 Å². The molecule has 0 bridgehead atoms. The van der Waals surface area contributed by atoms with Crippen molar-refractivity contribution in [2.45, 2.75) is 40.3 Å². The Morgan fingerprint density at radius 2 is 2.00 bits per heavy atom. The summed E-state index contributed by atoms with van der Waals surface area (Å²) in [5.41, 5.74) is 1.11. The third kappa shape index (κ3) is 4.46. The number of halogens is 1. The maximum Gasteiger partial charge on any atom is 0.128 e. The molecule has 1 heterocycles. The first-order chi connectivity index (χ1) is 8.41. The number of nitrogens with one attached hydrogen (secondary N) is 1. The first-order valence-corrected chi connectivity index (χ1v) is 6.87. The second kappa shape index (κ2) is 6.95. The Morgan fingerprint density at radius 1 is 1.33 bits per heavy atom. The van der Waals surface area contributed by atoms with Gasteiger partial charge in [0.1, 0.15) is 5.82 Å². The lowest BCUT2D eigenvalue weighted by atomic mass is 10.2. The van der Waals surface area contributed by atoms with Crippen molar-refractivity contribution in [1.82, 2.24) is 10.3 Å². The Labute approximate surface area is 116 Å². The molecule has 1 aromatic rings. The largest absolute Gasteiger partial charge is 0.357 e. The fourth-order valence-electron chi connectivity index (χ4n) is 1.56. The Bertz CT molecular complexity index is 377. The lowest BCUT2D eigenvalue weighted by Crippen LogP contribution is -2.27. The summed E-state index contributed by atoms with van der Waals surface area (Å²) in [5.74, 6) is 1.61. The monoisotopic (exact) mass is 269 g/mol. The van der Waals surface area contributed by atoms with Gasteiger partial charge in [-0.3, -0.25) is 0 Å². The van der Waals surface area contributed by atoms with Crippen LogP contribution in [0.3, 0.4) is 0 Å². The van der Waals surface area contributed by atoms with Gasteiger partial charge in [-0.25, -0.2) is 4.98 Å². The van der Waals surface area contributed by atoms with E-state index in [0.717, 1.165) is 29.5 Å². The van der Waals surface area contributed by atoms with Crippen LogP contribution in [-0.2, 0) is 6.54 Å². The molecule has 0 aliphatic heterocycles. The van der Waals surface area contributed by atoms with Crippen LogP contribution in [0.5, 0.6) is 0 Å². The number of pyridine rings is 1. The number of aromatic nitrogens is 1. The number of anilines is 1. The lowest BCUT2D eigenvalue weighted by Gasteiger charge is -2.23. The van der Waals surface area contributed by atoms with Crippen molar-refractivity contribution >= 4 is 17.4 Å². The Kier molecular flexibility index (Phi) is 5.89. The minimum Gasteiger partial charge on any atom is -0.357 e. The van der Waals surface area contributed by atoms with Gasteiger partial charge in [-0.15, -0.1) is 0 Å². The average molecular weight is 270 g/mol. The van der Waals surface area contributed by atoms with E-state index in [1.807, 2.05) is 7.05 Å². The second-order valence-electron chi connectivity index (χ2n) is 5.36. The summed E-state index contributed by atoms with van der Waals surface area (Å²) in [6, 6.07) is 2.49. The number of nitrogens with zero attached hydrogens (tertiary/aromatic N) is 2. The Balaban J connectivity index is 2.75. The van der Waals surface area contributed by atoms with Gasteiger partial charge in [0, 0.05) is 25.8 Å². The molecule has 0 aromatic carbocycles. The van der Waals surface area contributed by atoms with Crippen LogP contribution in [0.15, 0.2) is 12.3 Å². The minimum absolute atomic E-state index is 0.426. The van der Waals surface area contributed by atoms with Crippen LogP contribution in [0, 0.1) is 5.92 Å². The molecule has 1 N–H and O–H groups in total. The molecule has 0 radical (unpaired) electrons. The van der Waals surface area contributed by atoms with Crippen LogP contribution in [0.4, 0.5) is 5.82 Å². The Morgan fingerprint density at radius 3 is 2.56 bits per heavy atom. The zero-order valence-electron chi connectivity index (χ0n) is 12.0. The quantitative estimate of drug-likeness (QED) is 0.859. The summed E-state index contributed by atoms with van der Waals surface area (Å²) in [6.45, 7) is 10.5. The maximum absolute atomic E-state index is 6.17. The van der Waals surface area contributed by atoms with Gasteiger partial charge in [0.05, 0.1) is 5.02 Å². The average Bonchev–Trinajstić information content (AvgIpc) is 2.30. The summed E-state index contributed by atoms with van der Waals surface area (Å²) >= 11 is 6.17. The summed E-state index contributed by atoms with van der Waals surface area (Å²) < 4.78 is 0. The van der Waals surface area contributed by atoms with Gasteiger partial charge in [-0.1, -0.05) is 25.4 Å². The van der Waals surface area contributed by atoms with E-state index in [-0.39, 0.29) is 0 Å². The lowest BCUT2D eigenvalue weighted by molar-refractivity contribution is 0.552. The highest BCUT2D eigenvalue weighted by Crippen LogP contribution is 2.20. The third-order valence-electron chi connectivity index (χ3n) is 2.92. The third-order valence-corrected chi connectivity index (χ3v) is 3.26. The topological polar surface area (TPSA) is 28.2 Å². The van der Waals surface area contributed by atoms with E-state index in [0.29, 0.717) is 12.0 Å². The molecule has 102 valence electrons. The van der Waals surface area contributed by atoms with E-state index >= 15 is 0 Å². The molecule has 0 spiro atoms. The molecule has 0 unspecified atom stereocenters. The highest BCUT2D eigenvalue weighted by atomic mass is 35.5. The first-order valence-electron chi connectivity index (χ1n) is 6.49. The van der Waals surface area contributed by atoms with E-state index in [4.69, 9.17) is 11.6 Å². The van der Waals surface area contributed by atoms with Crippen LogP contribution >= 0.6 is 11.6 Å². The van der Waals surface area contributed by atoms with Crippen LogP contribution in [0.1, 0.15) is 33.3 Å². The second-order valence-corrected chi connectivity index (χ2v) is 5.77. The van der Waals surface area contributed by atoms with Crippen LogP contribution in [0.2, 0.25) is 5.02 Å². The minimum atomic E-state index is 0.426. The van der Waals surface area contributed by atoms with Crippen LogP contribution in [-0.4, -0.2) is 24.6 Å². The van der Waals surface area contributed by atoms with Crippen molar-refractivity contribution in [2.75, 3.05) is 18.5 Å². The van der Waals surface area contributed by atoms with Gasteiger partial charge in [0.25, 0.3) is 0 Å². The van der Waals surface area contributed by atoms with Crippen molar-refractivity contribution in [1.29, 1.82) is 0 Å². The predicted octanol–water partition coefficient (Wildman–Crippen LogP) is 3.33. The van der Waals surface area contributed by atoms with Crippen LogP contribution in [0.25, 0.3) is 0 Å². The van der Waals surface area contributed by atoms with Gasteiger partial charge in [-0.05, 0) is 37.9 Å². The summed E-state index contributed by atoms with van der Waals surface area (Å²) in [6.07, 6.45) is 1.74. The van der Waals surface area contributed by atoms with E-state index in [9.17, 15) is 0 Å². The van der Waals surface area contributed by atoms with Gasteiger partial charge >= 0.3 is 0 Å². The molecule has 1 rings (SSSR count). The fraction of sp³-hybridized carbons (Fsp3) is 0.643. The summed E-state index contributed by atoms with van der Waals surface area (Å²) in [7, 11) is 2.05. The molecule has 3 nitrogen and oxygen atoms in total. The molecule has 0 aliphatic carbocycles. The molecule has 0 saturated carbocycles. The fourth-order valence-corrected chi connectivity index (χ4v) is 1.73. The SMILES string of the molecule is CC(C)CNCc1cc(N(C)C(C)C)ncc1Cl. The smallest absolute Gasteiger partial charge is 0.128 e. The van der Waals surface area contributed by atoms with E-state index in [1.165, 1.54) is 0 Å². The molecular formula is C14H24ClN3. The van der Waals surface area contributed by atoms with Gasteiger partial charge in [0.15, 0.2) is 0 Å². The van der Waals surface area contributed by atoms with Crippen molar-refractivity contribution in [3.05, 3.63) is 22.8 Å². The first kappa shape index (κ1) is 15.3. The molecule has 0 atom stereocenters. The summed E-state index contributed by atoms with van der Waals surface area (Å²) in [4.78, 5) is 6.51. The van der Waals surface area contributed by atoms with Gasteiger partial charge < -0.3 is 10.2 Å². The van der Waals surface area contributed by atoms with E-state index < -0.39 is 0 Å². The molecule has 18 heavy (non-hydrogen) atoms. The van der Waals surface area contributed by atoms with Gasteiger partial charge in [-0.2, -0.15) is 0 Å². The zero-order valence-corrected chi connectivity index (χ0v) is 12.8. The maximum atomic E-state index is 6.17. The van der Waals surface area contributed by atoms with Crippen LogP contribution < -0.4 is 10.2 Å². The number of rotatable bonds is 6. The summed E-state index contributed by atoms with van der Waals surface area (Å²) in [5, 5.41) is 4.14. The molecule has 0 saturated heterocycles. The van der Waals surface area contributed by atoms with Crippen molar-refractivity contribution in [3.8, 4) is 0 Å². The molecule has 4 heteroatoms. The standard InChI is InChI=1S/C14H24ClN3/c1-10(2)7-16-8-12-6-14(17-9-13(12)15)18(5)11(3)4/h6,9-11,16H,7-8H2,1-5H3. The molecule has 0 fully saturated rings. The number of hydrogen-bond donors (Lipinski definition) is 1. The van der Waals surface area contributed by atoms with Crippen molar-refractivity contribution in [2.24, 2.45) is 5.92 Å². The highest BCUT2D eigenvalue weighted by molar-refractivity contribution is 6.31. The van der Waals surface area contributed by atoms with Crippen molar-refractivity contribution < 1.29 is 0 Å². The highest BCUT2D eigenvalue weighted by Gasteiger charge is 2.09. The normalized spacial score (nSPS) is 11.3. The molecule has 1 aromatic heterocycles. The molecule has 0 aliphatic rings. The van der Waals surface area contributed by atoms with E-state index in [1.54, 1.807) is 6.20 Å². The van der Waals surface area contributed by atoms with Crippen molar-refractivity contribution in [3.63, 3.8) is 0 Å². The molecule has 0 amide bonds.